The summed E-state index contributed by atoms with van der Waals surface area (Å²) in [5.74, 6) is 0. The fourth-order valence-corrected chi connectivity index (χ4v) is 0.926. The topological polar surface area (TPSA) is 71.5 Å². The molecule has 0 rings (SSSR count). The monoisotopic (exact) mass is 185 g/mol. The molecule has 0 amide bonds. The van der Waals surface area contributed by atoms with Gasteiger partial charge in [0, 0.05) is 6.42 Å². The molecule has 0 spiro atoms. The summed E-state index contributed by atoms with van der Waals surface area (Å²) in [6.07, 6.45) is 2.32. The lowest BCUT2D eigenvalue weighted by molar-refractivity contribution is -0.120. The largest absolute Gasteiger partial charge is 0.303 e. The molecule has 5 nitrogen and oxygen atoms in total. The van der Waals surface area contributed by atoms with Gasteiger partial charge in [0.2, 0.25) is 0 Å². The van der Waals surface area contributed by atoms with Crippen LogP contribution in [0.5, 0.6) is 0 Å². The molecule has 0 aliphatic rings. The highest BCUT2D eigenvalue weighted by molar-refractivity contribution is 5.67. The SMILES string of the molecule is O=CCC(C=O)N(CC=O)CC=O. The zero-order valence-electron chi connectivity index (χ0n) is 7.09. The first-order valence-electron chi connectivity index (χ1n) is 3.80. The Balaban J connectivity index is 4.25. The van der Waals surface area contributed by atoms with E-state index in [0.29, 0.717) is 25.1 Å². The van der Waals surface area contributed by atoms with Crippen molar-refractivity contribution >= 4 is 25.1 Å². The third-order valence-corrected chi connectivity index (χ3v) is 1.58. The van der Waals surface area contributed by atoms with Crippen LogP contribution in [-0.4, -0.2) is 49.2 Å². The van der Waals surface area contributed by atoms with Crippen molar-refractivity contribution in [2.45, 2.75) is 12.5 Å². The second kappa shape index (κ2) is 7.30. The predicted octanol–water partition coefficient (Wildman–Crippen LogP) is -1.16. The van der Waals surface area contributed by atoms with Gasteiger partial charge in [0.05, 0.1) is 19.1 Å². The molecule has 0 saturated heterocycles. The average Bonchev–Trinajstić information content (AvgIpc) is 2.14. The van der Waals surface area contributed by atoms with Gasteiger partial charge in [-0.05, 0) is 0 Å². The molecular weight excluding hydrogens is 174 g/mol. The highest BCUT2D eigenvalue weighted by atomic mass is 16.1. The van der Waals surface area contributed by atoms with Crippen LogP contribution in [0, 0.1) is 0 Å². The molecule has 0 aromatic rings. The number of carbonyl (C=O) groups is 4. The van der Waals surface area contributed by atoms with Crippen molar-refractivity contribution in [2.24, 2.45) is 0 Å². The van der Waals surface area contributed by atoms with Crippen LogP contribution >= 0.6 is 0 Å². The van der Waals surface area contributed by atoms with Crippen molar-refractivity contribution in [3.8, 4) is 0 Å². The summed E-state index contributed by atoms with van der Waals surface area (Å²) in [4.78, 5) is 42.2. The van der Waals surface area contributed by atoms with Crippen molar-refractivity contribution in [1.82, 2.24) is 4.90 Å². The van der Waals surface area contributed by atoms with E-state index in [0.717, 1.165) is 0 Å². The highest BCUT2D eigenvalue weighted by Crippen LogP contribution is 1.97. The van der Waals surface area contributed by atoms with Crippen LogP contribution in [0.2, 0.25) is 0 Å². The maximum atomic E-state index is 10.5. The first-order valence-corrected chi connectivity index (χ1v) is 3.80. The molecule has 0 fully saturated rings. The smallest absolute Gasteiger partial charge is 0.137 e. The van der Waals surface area contributed by atoms with Crippen LogP contribution in [0.3, 0.4) is 0 Å². The summed E-state index contributed by atoms with van der Waals surface area (Å²) in [6.45, 7) is -0.0357. The number of hydrogen-bond donors (Lipinski definition) is 0. The summed E-state index contributed by atoms with van der Waals surface area (Å²) in [5, 5.41) is 0. The maximum Gasteiger partial charge on any atom is 0.137 e. The zero-order valence-corrected chi connectivity index (χ0v) is 7.09. The quantitative estimate of drug-likeness (QED) is 0.446. The fraction of sp³-hybridized carbons (Fsp3) is 0.500. The van der Waals surface area contributed by atoms with Crippen LogP contribution in [0.15, 0.2) is 0 Å². The zero-order chi connectivity index (χ0) is 10.1. The molecule has 5 heteroatoms. The number of nitrogens with zero attached hydrogens (tertiary/aromatic N) is 1. The summed E-state index contributed by atoms with van der Waals surface area (Å²) in [6, 6.07) is -0.673. The van der Waals surface area contributed by atoms with E-state index < -0.39 is 6.04 Å². The van der Waals surface area contributed by atoms with Gasteiger partial charge in [0.15, 0.2) is 0 Å². The molecule has 0 aromatic heterocycles. The fourth-order valence-electron chi connectivity index (χ4n) is 0.926. The van der Waals surface area contributed by atoms with Crippen molar-refractivity contribution < 1.29 is 19.2 Å². The molecule has 0 aliphatic heterocycles. The van der Waals surface area contributed by atoms with Gasteiger partial charge in [-0.3, -0.25) is 4.90 Å². The lowest BCUT2D eigenvalue weighted by atomic mass is 10.2. The first-order chi connectivity index (χ1) is 6.29. The van der Waals surface area contributed by atoms with Crippen molar-refractivity contribution in [3.63, 3.8) is 0 Å². The van der Waals surface area contributed by atoms with E-state index >= 15 is 0 Å². The number of aldehydes is 4. The van der Waals surface area contributed by atoms with Crippen molar-refractivity contribution in [2.75, 3.05) is 13.1 Å². The van der Waals surface area contributed by atoms with Gasteiger partial charge in [-0.15, -0.1) is 0 Å². The molecule has 0 N–H and O–H groups in total. The molecule has 0 aromatic carbocycles. The molecular formula is C8H11NO4. The second-order valence-corrected chi connectivity index (χ2v) is 2.39. The Morgan fingerprint density at radius 3 is 1.77 bits per heavy atom. The minimum absolute atomic E-state index is 0.00514. The van der Waals surface area contributed by atoms with Crippen molar-refractivity contribution in [3.05, 3.63) is 0 Å². The molecule has 72 valence electrons. The third-order valence-electron chi connectivity index (χ3n) is 1.58. The van der Waals surface area contributed by atoms with Gasteiger partial charge in [-0.2, -0.15) is 0 Å². The number of rotatable bonds is 8. The van der Waals surface area contributed by atoms with E-state index in [4.69, 9.17) is 0 Å². The van der Waals surface area contributed by atoms with Gasteiger partial charge >= 0.3 is 0 Å². The Kier molecular flexibility index (Phi) is 6.53. The van der Waals surface area contributed by atoms with Gasteiger partial charge in [-0.25, -0.2) is 0 Å². The normalized spacial score (nSPS) is 12.1. The molecule has 0 aliphatic carbocycles. The lowest BCUT2D eigenvalue weighted by Crippen LogP contribution is -2.39. The van der Waals surface area contributed by atoms with Crippen LogP contribution < -0.4 is 0 Å². The van der Waals surface area contributed by atoms with Gasteiger partial charge < -0.3 is 19.2 Å². The van der Waals surface area contributed by atoms with Gasteiger partial charge in [0.25, 0.3) is 0 Å². The summed E-state index contributed by atoms with van der Waals surface area (Å²) < 4.78 is 0. The van der Waals surface area contributed by atoms with Crippen LogP contribution in [0.1, 0.15) is 6.42 Å². The van der Waals surface area contributed by atoms with E-state index in [1.54, 1.807) is 0 Å². The van der Waals surface area contributed by atoms with Crippen LogP contribution in [0.25, 0.3) is 0 Å². The standard InChI is InChI=1S/C8H11NO4/c10-4-1-8(7-13)9(2-5-11)3-6-12/h4-8H,1-3H2. The molecule has 0 bridgehead atoms. The van der Waals surface area contributed by atoms with Crippen LogP contribution in [-0.2, 0) is 19.2 Å². The summed E-state index contributed by atoms with van der Waals surface area (Å²) >= 11 is 0. The molecule has 1 unspecified atom stereocenters. The van der Waals surface area contributed by atoms with E-state index in [2.05, 4.69) is 0 Å². The predicted molar refractivity (Wildman–Crippen MR) is 44.2 cm³/mol. The van der Waals surface area contributed by atoms with Gasteiger partial charge in [0.1, 0.15) is 25.1 Å². The minimum Gasteiger partial charge on any atom is -0.303 e. The number of hydrogen-bond acceptors (Lipinski definition) is 5. The van der Waals surface area contributed by atoms with Gasteiger partial charge in [-0.1, -0.05) is 0 Å². The van der Waals surface area contributed by atoms with E-state index in [9.17, 15) is 19.2 Å². The Bertz CT molecular complexity index is 183. The third kappa shape index (κ3) is 4.27. The Labute approximate surface area is 75.7 Å². The van der Waals surface area contributed by atoms with E-state index in [1.165, 1.54) is 4.90 Å². The van der Waals surface area contributed by atoms with E-state index in [1.807, 2.05) is 0 Å². The van der Waals surface area contributed by atoms with Crippen LogP contribution in [0.4, 0.5) is 0 Å². The maximum absolute atomic E-state index is 10.5. The Hall–Kier alpha value is -1.36. The molecule has 0 saturated carbocycles. The summed E-state index contributed by atoms with van der Waals surface area (Å²) in [7, 11) is 0. The first kappa shape index (κ1) is 11.6. The molecule has 0 radical (unpaired) electrons. The number of carbonyl (C=O) groups excluding carboxylic acids is 4. The Morgan fingerprint density at radius 2 is 1.46 bits per heavy atom. The Morgan fingerprint density at radius 1 is 0.923 bits per heavy atom. The minimum atomic E-state index is -0.673. The van der Waals surface area contributed by atoms with Crippen molar-refractivity contribution in [1.29, 1.82) is 0 Å². The molecule has 1 atom stereocenters. The lowest BCUT2D eigenvalue weighted by Gasteiger charge is -2.21. The summed E-state index contributed by atoms with van der Waals surface area (Å²) in [5.41, 5.74) is 0. The molecule has 0 heterocycles. The van der Waals surface area contributed by atoms with E-state index in [-0.39, 0.29) is 19.5 Å². The molecule has 13 heavy (non-hydrogen) atoms. The highest BCUT2D eigenvalue weighted by Gasteiger charge is 2.15. The second-order valence-electron chi connectivity index (χ2n) is 2.39. The average molecular weight is 185 g/mol.